The first-order valence-electron chi connectivity index (χ1n) is 4.78. The van der Waals surface area contributed by atoms with Crippen LogP contribution in [0.5, 0.6) is 0 Å². The highest BCUT2D eigenvalue weighted by molar-refractivity contribution is 7.99. The third kappa shape index (κ3) is 4.14. The van der Waals surface area contributed by atoms with Gasteiger partial charge < -0.3 is 10.2 Å². The van der Waals surface area contributed by atoms with Crippen LogP contribution >= 0.6 is 23.4 Å². The lowest BCUT2D eigenvalue weighted by Crippen LogP contribution is -2.14. The van der Waals surface area contributed by atoms with Crippen molar-refractivity contribution in [3.8, 4) is 0 Å². The summed E-state index contributed by atoms with van der Waals surface area (Å²) in [7, 11) is 0. The fraction of sp³-hybridized carbons (Fsp3) is 0.364. The maximum absolute atomic E-state index is 11.2. The van der Waals surface area contributed by atoms with Gasteiger partial charge in [0.1, 0.15) is 0 Å². The fourth-order valence-electron chi connectivity index (χ4n) is 1.06. The van der Waals surface area contributed by atoms with Crippen LogP contribution in [0.25, 0.3) is 0 Å². The number of ketones is 1. The number of thioether (sulfide) groups is 1. The number of Topliss-reactive ketones (excluding diaryl/α,β-unsaturated/α-hetero) is 1. The maximum Gasteiger partial charge on any atom is 0.177 e. The zero-order chi connectivity index (χ0) is 12.0. The van der Waals surface area contributed by atoms with E-state index in [0.29, 0.717) is 11.3 Å². The number of carbonyl (C=O) groups excluding carboxylic acids is 1. The van der Waals surface area contributed by atoms with Crippen molar-refractivity contribution in [3.05, 3.63) is 29.8 Å². The molecule has 1 aromatic carbocycles. The van der Waals surface area contributed by atoms with E-state index in [2.05, 4.69) is 0 Å². The third-order valence-electron chi connectivity index (χ3n) is 1.95. The van der Waals surface area contributed by atoms with E-state index in [1.807, 2.05) is 0 Å². The molecule has 16 heavy (non-hydrogen) atoms. The third-order valence-corrected chi connectivity index (χ3v) is 3.35. The molecule has 0 aliphatic heterocycles. The lowest BCUT2D eigenvalue weighted by Gasteiger charge is -2.06. The van der Waals surface area contributed by atoms with E-state index in [1.165, 1.54) is 11.8 Å². The van der Waals surface area contributed by atoms with Crippen LogP contribution in [0, 0.1) is 0 Å². The molecule has 0 heterocycles. The number of rotatable bonds is 6. The summed E-state index contributed by atoms with van der Waals surface area (Å²) in [6.07, 6.45) is -0.714. The quantitative estimate of drug-likeness (QED) is 0.463. The molecule has 0 spiro atoms. The first-order chi connectivity index (χ1) is 7.67. The highest BCUT2D eigenvalue weighted by atomic mass is 35.5. The van der Waals surface area contributed by atoms with Gasteiger partial charge in [0.05, 0.1) is 18.6 Å². The maximum atomic E-state index is 11.2. The van der Waals surface area contributed by atoms with Crippen molar-refractivity contribution in [2.45, 2.75) is 11.0 Å². The van der Waals surface area contributed by atoms with Crippen LogP contribution < -0.4 is 0 Å². The number of hydrogen-bond acceptors (Lipinski definition) is 4. The summed E-state index contributed by atoms with van der Waals surface area (Å²) < 4.78 is 0. The number of carbonyl (C=O) groups is 1. The first-order valence-corrected chi connectivity index (χ1v) is 6.30. The minimum atomic E-state index is -0.714. The van der Waals surface area contributed by atoms with Crippen molar-refractivity contribution in [2.24, 2.45) is 0 Å². The number of aliphatic hydroxyl groups excluding tert-OH is 2. The summed E-state index contributed by atoms with van der Waals surface area (Å²) in [4.78, 5) is 12.2. The fourth-order valence-corrected chi connectivity index (χ4v) is 2.03. The normalized spacial score (nSPS) is 12.4. The Bertz CT molecular complexity index is 340. The molecule has 3 nitrogen and oxygen atoms in total. The monoisotopic (exact) mass is 260 g/mol. The average molecular weight is 261 g/mol. The molecule has 0 saturated heterocycles. The zero-order valence-electron chi connectivity index (χ0n) is 8.60. The van der Waals surface area contributed by atoms with Crippen LogP contribution in [0.15, 0.2) is 29.2 Å². The number of aliphatic hydroxyl groups is 2. The van der Waals surface area contributed by atoms with E-state index in [9.17, 15) is 4.79 Å². The van der Waals surface area contributed by atoms with Gasteiger partial charge in [-0.3, -0.25) is 4.79 Å². The Morgan fingerprint density at radius 3 is 2.50 bits per heavy atom. The number of alkyl halides is 1. The molecule has 0 amide bonds. The topological polar surface area (TPSA) is 57.5 Å². The molecule has 0 aliphatic rings. The van der Waals surface area contributed by atoms with Gasteiger partial charge in [-0.25, -0.2) is 0 Å². The van der Waals surface area contributed by atoms with Crippen molar-refractivity contribution in [2.75, 3.05) is 18.2 Å². The summed E-state index contributed by atoms with van der Waals surface area (Å²) in [5.74, 6) is 0.309. The van der Waals surface area contributed by atoms with E-state index in [1.54, 1.807) is 24.3 Å². The Hall–Kier alpha value is -0.550. The van der Waals surface area contributed by atoms with Crippen molar-refractivity contribution >= 4 is 29.1 Å². The van der Waals surface area contributed by atoms with E-state index in [-0.39, 0.29) is 18.3 Å². The summed E-state index contributed by atoms with van der Waals surface area (Å²) in [5, 5.41) is 17.8. The molecule has 0 saturated carbocycles. The van der Waals surface area contributed by atoms with Crippen molar-refractivity contribution in [1.29, 1.82) is 0 Å². The van der Waals surface area contributed by atoms with E-state index >= 15 is 0 Å². The minimum absolute atomic E-state index is 0.0181. The summed E-state index contributed by atoms with van der Waals surface area (Å²) in [6.45, 7) is -0.240. The van der Waals surface area contributed by atoms with Crippen LogP contribution in [-0.4, -0.2) is 40.3 Å². The largest absolute Gasteiger partial charge is 0.394 e. The Labute approximate surface area is 103 Å². The van der Waals surface area contributed by atoms with Gasteiger partial charge in [-0.1, -0.05) is 12.1 Å². The highest BCUT2D eigenvalue weighted by Crippen LogP contribution is 2.19. The molecule has 1 aromatic rings. The van der Waals surface area contributed by atoms with Crippen LogP contribution in [0.2, 0.25) is 0 Å². The molecule has 0 aliphatic carbocycles. The Morgan fingerprint density at radius 2 is 2.00 bits per heavy atom. The van der Waals surface area contributed by atoms with E-state index < -0.39 is 6.10 Å². The predicted molar refractivity (Wildman–Crippen MR) is 65.3 cm³/mol. The van der Waals surface area contributed by atoms with Crippen molar-refractivity contribution < 1.29 is 15.0 Å². The lowest BCUT2D eigenvalue weighted by molar-refractivity contribution is 0.102. The Morgan fingerprint density at radius 1 is 1.38 bits per heavy atom. The molecule has 0 radical (unpaired) electrons. The van der Waals surface area contributed by atoms with Gasteiger partial charge in [-0.2, -0.15) is 0 Å². The van der Waals surface area contributed by atoms with Gasteiger partial charge in [0.25, 0.3) is 0 Å². The van der Waals surface area contributed by atoms with Gasteiger partial charge in [0.15, 0.2) is 5.78 Å². The average Bonchev–Trinajstić information content (AvgIpc) is 2.35. The number of hydrogen-bond donors (Lipinski definition) is 2. The van der Waals surface area contributed by atoms with Crippen molar-refractivity contribution in [1.82, 2.24) is 0 Å². The van der Waals surface area contributed by atoms with Crippen LogP contribution in [0.3, 0.4) is 0 Å². The van der Waals surface area contributed by atoms with E-state index in [0.717, 1.165) is 4.90 Å². The molecule has 88 valence electrons. The first kappa shape index (κ1) is 13.5. The van der Waals surface area contributed by atoms with Crippen LogP contribution in [0.4, 0.5) is 0 Å². The second-order valence-corrected chi connectivity index (χ2v) is 4.59. The second-order valence-electron chi connectivity index (χ2n) is 3.23. The number of halogens is 1. The standard InChI is InChI=1S/C11H13ClO3S/c12-5-11(15)8-1-3-10(4-2-8)16-7-9(14)6-13/h1-4,9,13-14H,5-7H2. The minimum Gasteiger partial charge on any atom is -0.394 e. The smallest absolute Gasteiger partial charge is 0.177 e. The summed E-state index contributed by atoms with van der Waals surface area (Å²) >= 11 is 6.86. The SMILES string of the molecule is O=C(CCl)c1ccc(SCC(O)CO)cc1. The molecule has 1 rings (SSSR count). The van der Waals surface area contributed by atoms with Gasteiger partial charge >= 0.3 is 0 Å². The van der Waals surface area contributed by atoms with Gasteiger partial charge in [-0.05, 0) is 12.1 Å². The Kier molecular flexibility index (Phi) is 5.84. The van der Waals surface area contributed by atoms with E-state index in [4.69, 9.17) is 21.8 Å². The Balaban J connectivity index is 2.54. The summed E-state index contributed by atoms with van der Waals surface area (Å²) in [5.41, 5.74) is 0.585. The zero-order valence-corrected chi connectivity index (χ0v) is 10.2. The second kappa shape index (κ2) is 6.91. The van der Waals surface area contributed by atoms with Crippen LogP contribution in [-0.2, 0) is 0 Å². The van der Waals surface area contributed by atoms with Gasteiger partial charge in [0, 0.05) is 16.2 Å². The number of benzene rings is 1. The molecule has 2 N–H and O–H groups in total. The molecule has 0 aromatic heterocycles. The molecule has 5 heteroatoms. The van der Waals surface area contributed by atoms with Gasteiger partial charge in [-0.15, -0.1) is 23.4 Å². The molecule has 0 fully saturated rings. The lowest BCUT2D eigenvalue weighted by atomic mass is 10.1. The molecule has 1 unspecified atom stereocenters. The van der Waals surface area contributed by atoms with Crippen LogP contribution in [0.1, 0.15) is 10.4 Å². The predicted octanol–water partition coefficient (Wildman–Crippen LogP) is 1.55. The molecular weight excluding hydrogens is 248 g/mol. The summed E-state index contributed by atoms with van der Waals surface area (Å²) in [6, 6.07) is 7.01. The molecule has 0 bridgehead atoms. The van der Waals surface area contributed by atoms with Gasteiger partial charge in [0.2, 0.25) is 0 Å². The highest BCUT2D eigenvalue weighted by Gasteiger charge is 2.05. The molecule has 1 atom stereocenters. The van der Waals surface area contributed by atoms with Crippen molar-refractivity contribution in [3.63, 3.8) is 0 Å². The molecular formula is C11H13ClO3S.